The van der Waals surface area contributed by atoms with Crippen LogP contribution in [0.15, 0.2) is 12.3 Å². The standard InChI is InChI=1S/C18H31N5O2/c1-4-11-22(12-5-2)16-7-10-19-17(21-16)20-15-8-13-23(14-9-15)18(24)25-6-3/h7,10,15H,4-6,8-9,11-14H2,1-3H3,(H,19,20,21). The number of amides is 1. The number of nitrogens with one attached hydrogen (secondary N) is 1. The quantitative estimate of drug-likeness (QED) is 0.777. The topological polar surface area (TPSA) is 70.6 Å². The summed E-state index contributed by atoms with van der Waals surface area (Å²) >= 11 is 0. The first kappa shape index (κ1) is 19.3. The molecule has 1 aromatic heterocycles. The number of carbonyl (C=O) groups excluding carboxylic acids is 1. The van der Waals surface area contributed by atoms with Crippen LogP contribution in [0, 0.1) is 0 Å². The molecule has 0 bridgehead atoms. The molecule has 1 aromatic rings. The molecule has 7 nitrogen and oxygen atoms in total. The Morgan fingerprint density at radius 3 is 2.56 bits per heavy atom. The van der Waals surface area contributed by atoms with Crippen LogP contribution in [0.2, 0.25) is 0 Å². The Kier molecular flexibility index (Phi) is 7.76. The zero-order valence-electron chi connectivity index (χ0n) is 15.7. The number of hydrogen-bond donors (Lipinski definition) is 1. The number of carbonyl (C=O) groups is 1. The molecule has 0 atom stereocenters. The van der Waals surface area contributed by atoms with Crippen LogP contribution in [-0.4, -0.2) is 59.8 Å². The highest BCUT2D eigenvalue weighted by atomic mass is 16.6. The molecule has 0 spiro atoms. The number of piperidine rings is 1. The summed E-state index contributed by atoms with van der Waals surface area (Å²) in [5.74, 6) is 1.65. The van der Waals surface area contributed by atoms with Gasteiger partial charge in [0.1, 0.15) is 5.82 Å². The van der Waals surface area contributed by atoms with E-state index < -0.39 is 0 Å². The second kappa shape index (κ2) is 10.1. The van der Waals surface area contributed by atoms with Crippen molar-refractivity contribution in [2.24, 2.45) is 0 Å². The molecule has 2 heterocycles. The highest BCUT2D eigenvalue weighted by Crippen LogP contribution is 2.18. The van der Waals surface area contributed by atoms with Gasteiger partial charge in [0.2, 0.25) is 5.95 Å². The van der Waals surface area contributed by atoms with Gasteiger partial charge in [0.15, 0.2) is 0 Å². The molecule has 1 N–H and O–H groups in total. The fraction of sp³-hybridized carbons (Fsp3) is 0.722. The molecule has 7 heteroatoms. The van der Waals surface area contributed by atoms with Gasteiger partial charge in [-0.2, -0.15) is 4.98 Å². The van der Waals surface area contributed by atoms with Gasteiger partial charge in [0, 0.05) is 38.4 Å². The summed E-state index contributed by atoms with van der Waals surface area (Å²) in [6.45, 7) is 10.0. The molecule has 140 valence electrons. The second-order valence-electron chi connectivity index (χ2n) is 6.33. The molecule has 0 aromatic carbocycles. The number of nitrogens with zero attached hydrogens (tertiary/aromatic N) is 4. The normalized spacial score (nSPS) is 15.1. The largest absolute Gasteiger partial charge is 0.450 e. The van der Waals surface area contributed by atoms with Gasteiger partial charge in [-0.1, -0.05) is 13.8 Å². The number of aromatic nitrogens is 2. The lowest BCUT2D eigenvalue weighted by molar-refractivity contribution is 0.0983. The Hall–Kier alpha value is -2.05. The first-order valence-corrected chi connectivity index (χ1v) is 9.44. The predicted octanol–water partition coefficient (Wildman–Crippen LogP) is 3.14. The van der Waals surface area contributed by atoms with Gasteiger partial charge in [-0.15, -0.1) is 0 Å². The number of hydrogen-bond acceptors (Lipinski definition) is 6. The van der Waals surface area contributed by atoms with Gasteiger partial charge >= 0.3 is 6.09 Å². The Labute approximate surface area is 150 Å². The highest BCUT2D eigenvalue weighted by Gasteiger charge is 2.24. The monoisotopic (exact) mass is 349 g/mol. The van der Waals surface area contributed by atoms with E-state index in [1.165, 1.54) is 0 Å². The number of ether oxygens (including phenoxy) is 1. The third kappa shape index (κ3) is 5.76. The predicted molar refractivity (Wildman–Crippen MR) is 100 cm³/mol. The van der Waals surface area contributed by atoms with Crippen LogP contribution in [0.3, 0.4) is 0 Å². The smallest absolute Gasteiger partial charge is 0.409 e. The summed E-state index contributed by atoms with van der Waals surface area (Å²) in [4.78, 5) is 24.9. The number of likely N-dealkylation sites (tertiary alicyclic amines) is 1. The SMILES string of the molecule is CCCN(CCC)c1ccnc(NC2CCN(C(=O)OCC)CC2)n1. The van der Waals surface area contributed by atoms with Crippen LogP contribution in [0.4, 0.5) is 16.6 Å². The Morgan fingerprint density at radius 2 is 1.96 bits per heavy atom. The van der Waals surface area contributed by atoms with Crippen molar-refractivity contribution in [3.8, 4) is 0 Å². The van der Waals surface area contributed by atoms with Crippen molar-refractivity contribution in [2.75, 3.05) is 43.0 Å². The van der Waals surface area contributed by atoms with E-state index in [9.17, 15) is 4.79 Å². The summed E-state index contributed by atoms with van der Waals surface area (Å²) in [7, 11) is 0. The Morgan fingerprint density at radius 1 is 1.28 bits per heavy atom. The molecule has 0 unspecified atom stereocenters. The molecular formula is C18H31N5O2. The molecule has 0 saturated carbocycles. The molecule has 1 amide bonds. The van der Waals surface area contributed by atoms with Gasteiger partial charge in [-0.05, 0) is 38.7 Å². The lowest BCUT2D eigenvalue weighted by Crippen LogP contribution is -2.42. The van der Waals surface area contributed by atoms with Crippen LogP contribution < -0.4 is 10.2 Å². The van der Waals surface area contributed by atoms with Crippen LogP contribution >= 0.6 is 0 Å². The van der Waals surface area contributed by atoms with E-state index in [1.54, 1.807) is 4.90 Å². The van der Waals surface area contributed by atoms with E-state index >= 15 is 0 Å². The van der Waals surface area contributed by atoms with Crippen molar-refractivity contribution < 1.29 is 9.53 Å². The van der Waals surface area contributed by atoms with Crippen LogP contribution in [-0.2, 0) is 4.74 Å². The van der Waals surface area contributed by atoms with Gasteiger partial charge < -0.3 is 19.9 Å². The second-order valence-corrected chi connectivity index (χ2v) is 6.33. The molecule has 1 fully saturated rings. The minimum atomic E-state index is -0.214. The van der Waals surface area contributed by atoms with Crippen LogP contribution in [0.25, 0.3) is 0 Å². The first-order chi connectivity index (χ1) is 12.2. The minimum absolute atomic E-state index is 0.214. The molecule has 1 saturated heterocycles. The maximum atomic E-state index is 11.8. The summed E-state index contributed by atoms with van der Waals surface area (Å²) < 4.78 is 5.06. The molecular weight excluding hydrogens is 318 g/mol. The van der Waals surface area contributed by atoms with E-state index in [1.807, 2.05) is 19.2 Å². The maximum Gasteiger partial charge on any atom is 0.409 e. The Bertz CT molecular complexity index is 526. The first-order valence-electron chi connectivity index (χ1n) is 9.44. The summed E-state index contributed by atoms with van der Waals surface area (Å²) in [6.07, 6.45) is 5.54. The lowest BCUT2D eigenvalue weighted by Gasteiger charge is -2.31. The minimum Gasteiger partial charge on any atom is -0.450 e. The zero-order valence-corrected chi connectivity index (χ0v) is 15.7. The fourth-order valence-corrected chi connectivity index (χ4v) is 3.08. The number of rotatable bonds is 8. The molecule has 0 radical (unpaired) electrons. The average molecular weight is 349 g/mol. The van der Waals surface area contributed by atoms with Crippen molar-refractivity contribution in [3.63, 3.8) is 0 Å². The summed E-state index contributed by atoms with van der Waals surface area (Å²) in [5.41, 5.74) is 0. The molecule has 0 aliphatic carbocycles. The fourth-order valence-electron chi connectivity index (χ4n) is 3.08. The van der Waals surface area contributed by atoms with Crippen LogP contribution in [0.1, 0.15) is 46.5 Å². The van der Waals surface area contributed by atoms with Crippen molar-refractivity contribution in [3.05, 3.63) is 12.3 Å². The van der Waals surface area contributed by atoms with Gasteiger partial charge in [0.05, 0.1) is 6.61 Å². The lowest BCUT2D eigenvalue weighted by atomic mass is 10.1. The van der Waals surface area contributed by atoms with Gasteiger partial charge in [-0.3, -0.25) is 0 Å². The van der Waals surface area contributed by atoms with E-state index in [2.05, 4.69) is 34.0 Å². The van der Waals surface area contributed by atoms with E-state index in [0.717, 1.165) is 44.6 Å². The highest BCUT2D eigenvalue weighted by molar-refractivity contribution is 5.67. The van der Waals surface area contributed by atoms with Crippen molar-refractivity contribution in [2.45, 2.75) is 52.5 Å². The van der Waals surface area contributed by atoms with Crippen molar-refractivity contribution in [1.29, 1.82) is 0 Å². The molecule has 1 aliphatic heterocycles. The van der Waals surface area contributed by atoms with Gasteiger partial charge in [-0.25, -0.2) is 9.78 Å². The third-order valence-corrected chi connectivity index (χ3v) is 4.31. The van der Waals surface area contributed by atoms with E-state index in [-0.39, 0.29) is 12.1 Å². The number of anilines is 2. The molecule has 2 rings (SSSR count). The summed E-state index contributed by atoms with van der Waals surface area (Å²) in [6, 6.07) is 2.26. The van der Waals surface area contributed by atoms with Gasteiger partial charge in [0.25, 0.3) is 0 Å². The van der Waals surface area contributed by atoms with Crippen molar-refractivity contribution in [1.82, 2.24) is 14.9 Å². The Balaban J connectivity index is 1.91. The average Bonchev–Trinajstić information content (AvgIpc) is 2.62. The molecule has 25 heavy (non-hydrogen) atoms. The molecule has 1 aliphatic rings. The van der Waals surface area contributed by atoms with Crippen LogP contribution in [0.5, 0.6) is 0 Å². The van der Waals surface area contributed by atoms with E-state index in [4.69, 9.17) is 4.74 Å². The van der Waals surface area contributed by atoms with Crippen molar-refractivity contribution >= 4 is 17.9 Å². The zero-order chi connectivity index (χ0) is 18.1. The van der Waals surface area contributed by atoms with E-state index in [0.29, 0.717) is 25.6 Å². The third-order valence-electron chi connectivity index (χ3n) is 4.31. The maximum absolute atomic E-state index is 11.8. The summed E-state index contributed by atoms with van der Waals surface area (Å²) in [5, 5.41) is 3.42.